The first-order chi connectivity index (χ1) is 12.4. The summed E-state index contributed by atoms with van der Waals surface area (Å²) in [6, 6.07) is 10.6. The van der Waals surface area contributed by atoms with Crippen LogP contribution in [0.5, 0.6) is 5.75 Å². The highest BCUT2D eigenvalue weighted by Crippen LogP contribution is 2.25. The quantitative estimate of drug-likeness (QED) is 0.605. The SMILES string of the molecule is O=C(NCc1ccc(S(=O)(=O)CCO)cc1)c1coc2cc(O)ccc12. The van der Waals surface area contributed by atoms with Gasteiger partial charge in [0.1, 0.15) is 17.6 Å². The van der Waals surface area contributed by atoms with E-state index in [1.165, 1.54) is 30.5 Å². The van der Waals surface area contributed by atoms with Gasteiger partial charge in [0.15, 0.2) is 9.84 Å². The molecule has 3 aromatic rings. The highest BCUT2D eigenvalue weighted by Gasteiger charge is 2.15. The van der Waals surface area contributed by atoms with Crippen molar-refractivity contribution >= 4 is 26.7 Å². The van der Waals surface area contributed by atoms with Crippen molar-refractivity contribution in [3.05, 3.63) is 59.9 Å². The van der Waals surface area contributed by atoms with Crippen molar-refractivity contribution in [2.75, 3.05) is 12.4 Å². The highest BCUT2D eigenvalue weighted by atomic mass is 32.2. The van der Waals surface area contributed by atoms with Crippen LogP contribution in [0, 0.1) is 0 Å². The molecule has 0 spiro atoms. The van der Waals surface area contributed by atoms with E-state index >= 15 is 0 Å². The number of rotatable bonds is 6. The zero-order valence-corrected chi connectivity index (χ0v) is 14.5. The summed E-state index contributed by atoms with van der Waals surface area (Å²) in [5.74, 6) is -0.617. The van der Waals surface area contributed by atoms with Crippen molar-refractivity contribution in [3.63, 3.8) is 0 Å². The molecule has 0 aliphatic heterocycles. The molecular formula is C18H17NO6S. The number of benzene rings is 2. The first-order valence-corrected chi connectivity index (χ1v) is 9.47. The van der Waals surface area contributed by atoms with Gasteiger partial charge in [-0.1, -0.05) is 12.1 Å². The molecule has 0 aliphatic rings. The zero-order chi connectivity index (χ0) is 18.7. The molecule has 0 bridgehead atoms. The summed E-state index contributed by atoms with van der Waals surface area (Å²) in [5, 5.41) is 21.6. The van der Waals surface area contributed by atoms with Gasteiger partial charge in [0.25, 0.3) is 5.91 Å². The van der Waals surface area contributed by atoms with Gasteiger partial charge in [0, 0.05) is 18.0 Å². The second-order valence-electron chi connectivity index (χ2n) is 5.70. The molecule has 0 atom stereocenters. The number of nitrogens with one attached hydrogen (secondary N) is 1. The largest absolute Gasteiger partial charge is 0.508 e. The lowest BCUT2D eigenvalue weighted by atomic mass is 10.1. The van der Waals surface area contributed by atoms with E-state index in [1.807, 2.05) is 0 Å². The van der Waals surface area contributed by atoms with E-state index in [0.717, 1.165) is 5.56 Å². The van der Waals surface area contributed by atoms with Crippen LogP contribution in [0.15, 0.2) is 58.0 Å². The number of sulfone groups is 1. The number of furan rings is 1. The van der Waals surface area contributed by atoms with Gasteiger partial charge in [0.05, 0.1) is 22.8 Å². The van der Waals surface area contributed by atoms with E-state index in [1.54, 1.807) is 18.2 Å². The fraction of sp³-hybridized carbons (Fsp3) is 0.167. The first kappa shape index (κ1) is 18.0. The molecule has 3 N–H and O–H groups in total. The normalized spacial score (nSPS) is 11.6. The van der Waals surface area contributed by atoms with Gasteiger partial charge in [-0.25, -0.2) is 8.42 Å². The summed E-state index contributed by atoms with van der Waals surface area (Å²) in [4.78, 5) is 12.5. The molecule has 0 saturated heterocycles. The summed E-state index contributed by atoms with van der Waals surface area (Å²) < 4.78 is 29.0. The number of carbonyl (C=O) groups is 1. The van der Waals surface area contributed by atoms with Gasteiger partial charge in [-0.05, 0) is 29.8 Å². The average molecular weight is 375 g/mol. The van der Waals surface area contributed by atoms with Crippen LogP contribution in [0.2, 0.25) is 0 Å². The number of carbonyl (C=O) groups excluding carboxylic acids is 1. The highest BCUT2D eigenvalue weighted by molar-refractivity contribution is 7.91. The predicted molar refractivity (Wildman–Crippen MR) is 94.6 cm³/mol. The molecule has 136 valence electrons. The molecular weight excluding hydrogens is 358 g/mol. The summed E-state index contributed by atoms with van der Waals surface area (Å²) in [5.41, 5.74) is 1.49. The number of hydrogen-bond donors (Lipinski definition) is 3. The molecule has 0 aliphatic carbocycles. The molecule has 2 aromatic carbocycles. The van der Waals surface area contributed by atoms with Crippen molar-refractivity contribution in [2.24, 2.45) is 0 Å². The third kappa shape index (κ3) is 3.71. The summed E-state index contributed by atoms with van der Waals surface area (Å²) in [7, 11) is -3.49. The molecule has 1 amide bonds. The minimum Gasteiger partial charge on any atom is -0.508 e. The number of phenolic OH excluding ortho intramolecular Hbond substituents is 1. The summed E-state index contributed by atoms with van der Waals surface area (Å²) in [6.07, 6.45) is 1.32. The molecule has 8 heteroatoms. The Morgan fingerprint density at radius 1 is 1.12 bits per heavy atom. The van der Waals surface area contributed by atoms with Gasteiger partial charge < -0.3 is 19.9 Å². The monoisotopic (exact) mass is 375 g/mol. The van der Waals surface area contributed by atoms with Crippen LogP contribution >= 0.6 is 0 Å². The molecule has 0 fully saturated rings. The second kappa shape index (κ2) is 7.19. The maximum Gasteiger partial charge on any atom is 0.255 e. The Balaban J connectivity index is 1.69. The van der Waals surface area contributed by atoms with Crippen LogP contribution in [-0.4, -0.2) is 36.9 Å². The third-order valence-corrected chi connectivity index (χ3v) is 5.61. The van der Waals surface area contributed by atoms with Crippen LogP contribution in [0.25, 0.3) is 11.0 Å². The van der Waals surface area contributed by atoms with Gasteiger partial charge in [0.2, 0.25) is 0 Å². The summed E-state index contributed by atoms with van der Waals surface area (Å²) in [6.45, 7) is -0.222. The topological polar surface area (TPSA) is 117 Å². The second-order valence-corrected chi connectivity index (χ2v) is 7.81. The van der Waals surface area contributed by atoms with E-state index in [0.29, 0.717) is 16.5 Å². The Bertz CT molecular complexity index is 1040. The van der Waals surface area contributed by atoms with E-state index < -0.39 is 16.4 Å². The number of aromatic hydroxyl groups is 1. The smallest absolute Gasteiger partial charge is 0.255 e. The van der Waals surface area contributed by atoms with E-state index in [2.05, 4.69) is 5.32 Å². The number of hydrogen-bond acceptors (Lipinski definition) is 6. The lowest BCUT2D eigenvalue weighted by Gasteiger charge is -2.06. The fourth-order valence-electron chi connectivity index (χ4n) is 2.52. The van der Waals surface area contributed by atoms with Gasteiger partial charge >= 0.3 is 0 Å². The fourth-order valence-corrected chi connectivity index (χ4v) is 3.55. The standard InChI is InChI=1S/C18H17NO6S/c20-7-8-26(23,24)14-4-1-12(2-5-14)10-19-18(22)16-11-25-17-9-13(21)3-6-15(16)17/h1-6,9,11,20-21H,7-8,10H2,(H,19,22). The van der Waals surface area contributed by atoms with Gasteiger partial charge in [-0.2, -0.15) is 0 Å². The Morgan fingerprint density at radius 2 is 1.85 bits per heavy atom. The number of aliphatic hydroxyl groups is 1. The molecule has 1 heterocycles. The third-order valence-electron chi connectivity index (χ3n) is 3.90. The minimum absolute atomic E-state index is 0.0510. The van der Waals surface area contributed by atoms with Crippen LogP contribution in [-0.2, 0) is 16.4 Å². The molecule has 7 nitrogen and oxygen atoms in total. The molecule has 1 aromatic heterocycles. The van der Waals surface area contributed by atoms with E-state index in [-0.39, 0.29) is 28.8 Å². The lowest BCUT2D eigenvalue weighted by Crippen LogP contribution is -2.22. The number of phenols is 1. The Hall–Kier alpha value is -2.84. The van der Waals surface area contributed by atoms with Crippen LogP contribution in [0.4, 0.5) is 0 Å². The molecule has 0 saturated carbocycles. The van der Waals surface area contributed by atoms with Gasteiger partial charge in [-0.15, -0.1) is 0 Å². The Morgan fingerprint density at radius 3 is 2.54 bits per heavy atom. The minimum atomic E-state index is -3.49. The summed E-state index contributed by atoms with van der Waals surface area (Å²) >= 11 is 0. The molecule has 0 radical (unpaired) electrons. The zero-order valence-electron chi connectivity index (χ0n) is 13.7. The van der Waals surface area contributed by atoms with Crippen LogP contribution in [0.1, 0.15) is 15.9 Å². The van der Waals surface area contributed by atoms with Crippen molar-refractivity contribution < 1.29 is 27.8 Å². The van der Waals surface area contributed by atoms with Crippen molar-refractivity contribution in [2.45, 2.75) is 11.4 Å². The van der Waals surface area contributed by atoms with E-state index in [4.69, 9.17) is 9.52 Å². The Labute approximate surface area is 149 Å². The van der Waals surface area contributed by atoms with Crippen LogP contribution < -0.4 is 5.32 Å². The van der Waals surface area contributed by atoms with E-state index in [9.17, 15) is 18.3 Å². The molecule has 26 heavy (non-hydrogen) atoms. The maximum atomic E-state index is 12.3. The van der Waals surface area contributed by atoms with Crippen molar-refractivity contribution in [3.8, 4) is 5.75 Å². The molecule has 3 rings (SSSR count). The Kier molecular flexibility index (Phi) is 4.97. The van der Waals surface area contributed by atoms with Crippen molar-refractivity contribution in [1.29, 1.82) is 0 Å². The number of fused-ring (bicyclic) bond motifs is 1. The van der Waals surface area contributed by atoms with Gasteiger partial charge in [-0.3, -0.25) is 4.79 Å². The lowest BCUT2D eigenvalue weighted by molar-refractivity contribution is 0.0951. The molecule has 0 unspecified atom stereocenters. The first-order valence-electron chi connectivity index (χ1n) is 7.82. The predicted octanol–water partition coefficient (Wildman–Crippen LogP) is 1.83. The van der Waals surface area contributed by atoms with Crippen LogP contribution in [0.3, 0.4) is 0 Å². The maximum absolute atomic E-state index is 12.3. The number of amides is 1. The number of aliphatic hydroxyl groups excluding tert-OH is 1. The average Bonchev–Trinajstić information content (AvgIpc) is 3.03. The van der Waals surface area contributed by atoms with Crippen molar-refractivity contribution in [1.82, 2.24) is 5.32 Å².